The lowest BCUT2D eigenvalue weighted by molar-refractivity contribution is -0.138. The minimum atomic E-state index is -1.05. The van der Waals surface area contributed by atoms with Gasteiger partial charge in [-0.1, -0.05) is 12.1 Å². The first-order valence-corrected chi connectivity index (χ1v) is 10.4. The molecule has 0 saturated heterocycles. The first kappa shape index (κ1) is 26.0. The molecule has 180 valence electrons. The Hall–Kier alpha value is -4.27. The van der Waals surface area contributed by atoms with Crippen LogP contribution in [-0.4, -0.2) is 45.5 Å². The lowest BCUT2D eigenvalue weighted by Gasteiger charge is -2.12. The average molecular weight is 470 g/mol. The van der Waals surface area contributed by atoms with Crippen LogP contribution in [0.25, 0.3) is 12.2 Å². The number of esters is 2. The van der Waals surface area contributed by atoms with Gasteiger partial charge in [0.15, 0.2) is 23.0 Å². The van der Waals surface area contributed by atoms with Crippen molar-refractivity contribution in [3.05, 3.63) is 59.7 Å². The molecule has 0 saturated carbocycles. The summed E-state index contributed by atoms with van der Waals surface area (Å²) in [4.78, 5) is 35.6. The van der Waals surface area contributed by atoms with Gasteiger partial charge in [-0.2, -0.15) is 0 Å². The summed E-state index contributed by atoms with van der Waals surface area (Å²) < 4.78 is 30.8. The Bertz CT molecular complexity index is 987. The van der Waals surface area contributed by atoms with Gasteiger partial charge in [0.05, 0.1) is 27.4 Å². The summed E-state index contributed by atoms with van der Waals surface area (Å²) in [5.74, 6) is -0.272. The molecular weight excluding hydrogens is 444 g/mol. The second-order valence-corrected chi connectivity index (χ2v) is 6.45. The summed E-state index contributed by atoms with van der Waals surface area (Å²) in [7, 11) is 2.84. The highest BCUT2D eigenvalue weighted by Gasteiger charge is 2.16. The molecule has 0 aliphatic heterocycles. The van der Waals surface area contributed by atoms with Gasteiger partial charge >= 0.3 is 18.1 Å². The molecular formula is C25H26O9. The summed E-state index contributed by atoms with van der Waals surface area (Å²) in [6.07, 6.45) is 4.49. The third-order valence-corrected chi connectivity index (χ3v) is 4.16. The van der Waals surface area contributed by atoms with E-state index in [0.29, 0.717) is 11.1 Å². The number of rotatable bonds is 10. The highest BCUT2D eigenvalue weighted by molar-refractivity contribution is 5.88. The minimum absolute atomic E-state index is 0.0795. The van der Waals surface area contributed by atoms with Crippen LogP contribution >= 0.6 is 0 Å². The first-order chi connectivity index (χ1) is 16.4. The van der Waals surface area contributed by atoms with Crippen LogP contribution in [-0.2, 0) is 19.1 Å². The predicted octanol–water partition coefficient (Wildman–Crippen LogP) is 4.43. The van der Waals surface area contributed by atoms with Crippen molar-refractivity contribution in [2.24, 2.45) is 0 Å². The molecule has 0 amide bonds. The van der Waals surface area contributed by atoms with Crippen molar-refractivity contribution in [2.75, 3.05) is 27.4 Å². The standard InChI is InChI=1S/C25H26O9/c1-5-31-23(26)13-9-17-7-11-19(29-3)21(15-17)33-25(28)34-22-16-18(8-12-20(22)30-4)10-14-24(27)32-6-2/h7-16H,5-6H2,1-4H3/b13-9+,14-10+. The topological polar surface area (TPSA) is 107 Å². The number of benzene rings is 2. The van der Waals surface area contributed by atoms with Gasteiger partial charge in [-0.15, -0.1) is 0 Å². The summed E-state index contributed by atoms with van der Waals surface area (Å²) in [5, 5.41) is 0. The van der Waals surface area contributed by atoms with Crippen LogP contribution in [0.4, 0.5) is 4.79 Å². The van der Waals surface area contributed by atoms with Gasteiger partial charge in [-0.05, 0) is 61.4 Å². The third-order valence-electron chi connectivity index (χ3n) is 4.16. The Morgan fingerprint density at radius 1 is 0.676 bits per heavy atom. The first-order valence-electron chi connectivity index (χ1n) is 10.4. The van der Waals surface area contributed by atoms with Crippen molar-refractivity contribution in [1.82, 2.24) is 0 Å². The van der Waals surface area contributed by atoms with Crippen molar-refractivity contribution < 1.29 is 42.8 Å². The van der Waals surface area contributed by atoms with Crippen molar-refractivity contribution in [3.63, 3.8) is 0 Å². The van der Waals surface area contributed by atoms with Crippen LogP contribution < -0.4 is 18.9 Å². The molecule has 2 aromatic carbocycles. The van der Waals surface area contributed by atoms with E-state index in [9.17, 15) is 14.4 Å². The van der Waals surface area contributed by atoms with Gasteiger partial charge in [0.2, 0.25) is 0 Å². The van der Waals surface area contributed by atoms with E-state index in [2.05, 4.69) is 0 Å². The molecule has 0 aromatic heterocycles. The maximum atomic E-state index is 12.5. The van der Waals surface area contributed by atoms with E-state index < -0.39 is 18.1 Å². The number of hydrogen-bond acceptors (Lipinski definition) is 9. The quantitative estimate of drug-likeness (QED) is 0.283. The Morgan fingerprint density at radius 3 is 1.44 bits per heavy atom. The highest BCUT2D eigenvalue weighted by atomic mass is 16.7. The molecule has 0 fully saturated rings. The Labute approximate surface area is 197 Å². The Balaban J connectivity index is 2.19. The van der Waals surface area contributed by atoms with Crippen LogP contribution in [0.2, 0.25) is 0 Å². The monoisotopic (exact) mass is 470 g/mol. The molecule has 34 heavy (non-hydrogen) atoms. The molecule has 0 aliphatic carbocycles. The summed E-state index contributed by atoms with van der Waals surface area (Å²) in [5.41, 5.74) is 1.14. The molecule has 0 aliphatic rings. The van der Waals surface area contributed by atoms with E-state index in [-0.39, 0.29) is 36.2 Å². The highest BCUT2D eigenvalue weighted by Crippen LogP contribution is 2.32. The zero-order valence-corrected chi connectivity index (χ0v) is 19.4. The van der Waals surface area contributed by atoms with Crippen LogP contribution in [0.5, 0.6) is 23.0 Å². The lowest BCUT2D eigenvalue weighted by Crippen LogP contribution is -2.15. The molecule has 9 nitrogen and oxygen atoms in total. The second kappa shape index (κ2) is 13.3. The lowest BCUT2D eigenvalue weighted by atomic mass is 10.2. The number of methoxy groups -OCH3 is 2. The zero-order valence-electron chi connectivity index (χ0n) is 19.4. The fourth-order valence-corrected chi connectivity index (χ4v) is 2.66. The second-order valence-electron chi connectivity index (χ2n) is 6.45. The van der Waals surface area contributed by atoms with Gasteiger partial charge in [-0.3, -0.25) is 0 Å². The van der Waals surface area contributed by atoms with E-state index >= 15 is 0 Å². The fourth-order valence-electron chi connectivity index (χ4n) is 2.66. The van der Waals surface area contributed by atoms with E-state index in [4.69, 9.17) is 28.4 Å². The number of carbonyl (C=O) groups excluding carboxylic acids is 3. The smallest absolute Gasteiger partial charge is 0.493 e. The van der Waals surface area contributed by atoms with Crippen molar-refractivity contribution >= 4 is 30.2 Å². The van der Waals surface area contributed by atoms with E-state index in [0.717, 1.165) is 0 Å². The van der Waals surface area contributed by atoms with Gasteiger partial charge in [-0.25, -0.2) is 14.4 Å². The normalized spacial score (nSPS) is 10.7. The molecule has 0 N–H and O–H groups in total. The molecule has 0 spiro atoms. The maximum absolute atomic E-state index is 12.5. The molecule has 2 aromatic rings. The summed E-state index contributed by atoms with van der Waals surface area (Å²) >= 11 is 0. The largest absolute Gasteiger partial charge is 0.519 e. The van der Waals surface area contributed by atoms with Crippen molar-refractivity contribution in [3.8, 4) is 23.0 Å². The molecule has 0 radical (unpaired) electrons. The van der Waals surface area contributed by atoms with E-state index in [1.807, 2.05) is 0 Å². The average Bonchev–Trinajstić information content (AvgIpc) is 2.82. The van der Waals surface area contributed by atoms with Gasteiger partial charge in [0.25, 0.3) is 0 Å². The predicted molar refractivity (Wildman–Crippen MR) is 124 cm³/mol. The molecule has 0 bridgehead atoms. The maximum Gasteiger partial charge on any atom is 0.519 e. The number of carbonyl (C=O) groups is 3. The van der Waals surface area contributed by atoms with Crippen LogP contribution in [0.15, 0.2) is 48.6 Å². The third kappa shape index (κ3) is 8.01. The van der Waals surface area contributed by atoms with E-state index in [1.54, 1.807) is 38.1 Å². The molecule has 0 unspecified atom stereocenters. The zero-order chi connectivity index (χ0) is 24.9. The van der Waals surface area contributed by atoms with Gasteiger partial charge < -0.3 is 28.4 Å². The summed E-state index contributed by atoms with van der Waals surface area (Å²) in [6.45, 7) is 3.93. The Kier molecular flexibility index (Phi) is 10.2. The molecule has 9 heteroatoms. The molecule has 0 atom stereocenters. The van der Waals surface area contributed by atoms with Crippen LogP contribution in [0, 0.1) is 0 Å². The van der Waals surface area contributed by atoms with Crippen molar-refractivity contribution in [2.45, 2.75) is 13.8 Å². The summed E-state index contributed by atoms with van der Waals surface area (Å²) in [6, 6.07) is 9.52. The van der Waals surface area contributed by atoms with Gasteiger partial charge in [0.1, 0.15) is 0 Å². The molecule has 0 heterocycles. The fraction of sp³-hybridized carbons (Fsp3) is 0.240. The van der Waals surface area contributed by atoms with Crippen LogP contribution in [0.1, 0.15) is 25.0 Å². The molecule has 2 rings (SSSR count). The van der Waals surface area contributed by atoms with Gasteiger partial charge in [0, 0.05) is 12.2 Å². The SMILES string of the molecule is CCOC(=O)/C=C/c1ccc(OC)c(OC(=O)Oc2cc(/C=C/C(=O)OCC)ccc2OC)c1. The van der Waals surface area contributed by atoms with E-state index in [1.165, 1.54) is 50.7 Å². The van der Waals surface area contributed by atoms with Crippen LogP contribution in [0.3, 0.4) is 0 Å². The number of hydrogen-bond donors (Lipinski definition) is 0. The number of ether oxygens (including phenoxy) is 6. The minimum Gasteiger partial charge on any atom is -0.493 e. The van der Waals surface area contributed by atoms with Crippen molar-refractivity contribution in [1.29, 1.82) is 0 Å². The Morgan fingerprint density at radius 2 is 1.09 bits per heavy atom.